The minimum Gasteiger partial charge on any atom is -0.355 e. The molecule has 0 aliphatic rings. The minimum atomic E-state index is -4.55. The largest absolute Gasteiger partial charge is 0.422 e. The number of alkyl halides is 3. The van der Waals surface area contributed by atoms with Gasteiger partial charge in [-0.3, -0.25) is 0 Å². The van der Waals surface area contributed by atoms with Crippen LogP contribution in [0.2, 0.25) is 0 Å². The van der Waals surface area contributed by atoms with Gasteiger partial charge < -0.3 is 4.52 Å². The Kier molecular flexibility index (Phi) is 4.15. The number of halogens is 5. The fourth-order valence-corrected chi connectivity index (χ4v) is 2.00. The van der Waals surface area contributed by atoms with Gasteiger partial charge in [0.05, 0.1) is 3.39 Å². The van der Waals surface area contributed by atoms with Gasteiger partial charge in [0.2, 0.25) is 0 Å². The Morgan fingerprint density at radius 2 is 1.79 bits per heavy atom. The number of aromatic nitrogens is 1. The van der Waals surface area contributed by atoms with E-state index in [1.165, 1.54) is 18.2 Å². The lowest BCUT2D eigenvalue weighted by Crippen LogP contribution is -2.07. The SMILES string of the molecule is FC(F)(F)c1c(C=C(Br)Br)noc1-c1ccccc1. The molecule has 2 aromatic rings. The van der Waals surface area contributed by atoms with E-state index in [-0.39, 0.29) is 11.5 Å². The molecule has 100 valence electrons. The summed E-state index contributed by atoms with van der Waals surface area (Å²) in [4.78, 5) is 0. The average molecular weight is 397 g/mol. The second-order valence-electron chi connectivity index (χ2n) is 3.57. The maximum Gasteiger partial charge on any atom is 0.422 e. The summed E-state index contributed by atoms with van der Waals surface area (Å²) in [6.45, 7) is 0. The van der Waals surface area contributed by atoms with Crippen LogP contribution in [0.5, 0.6) is 0 Å². The molecule has 19 heavy (non-hydrogen) atoms. The third kappa shape index (κ3) is 3.27. The van der Waals surface area contributed by atoms with Crippen molar-refractivity contribution in [3.8, 4) is 11.3 Å². The second kappa shape index (κ2) is 5.50. The van der Waals surface area contributed by atoms with Gasteiger partial charge in [-0.15, -0.1) is 0 Å². The molecule has 0 saturated carbocycles. The van der Waals surface area contributed by atoms with E-state index in [2.05, 4.69) is 37.0 Å². The van der Waals surface area contributed by atoms with E-state index in [1.54, 1.807) is 18.2 Å². The third-order valence-electron chi connectivity index (χ3n) is 2.28. The minimum absolute atomic E-state index is 0.282. The first-order valence-corrected chi connectivity index (χ1v) is 6.63. The molecular weight excluding hydrogens is 391 g/mol. The van der Waals surface area contributed by atoms with Crippen molar-refractivity contribution >= 4 is 37.9 Å². The van der Waals surface area contributed by atoms with Gasteiger partial charge in [-0.25, -0.2) is 0 Å². The van der Waals surface area contributed by atoms with E-state index in [0.29, 0.717) is 8.96 Å². The maximum atomic E-state index is 13.1. The summed E-state index contributed by atoms with van der Waals surface area (Å²) in [5, 5.41) is 3.47. The molecule has 7 heteroatoms. The molecule has 1 aromatic heterocycles. The highest BCUT2D eigenvalue weighted by Gasteiger charge is 2.40. The molecule has 2 nitrogen and oxygen atoms in total. The van der Waals surface area contributed by atoms with Gasteiger partial charge in [0, 0.05) is 5.56 Å². The Bertz CT molecular complexity index is 601. The van der Waals surface area contributed by atoms with Gasteiger partial charge in [-0.1, -0.05) is 35.5 Å². The molecule has 1 heterocycles. The van der Waals surface area contributed by atoms with E-state index in [9.17, 15) is 13.2 Å². The highest BCUT2D eigenvalue weighted by molar-refractivity contribution is 9.28. The summed E-state index contributed by atoms with van der Waals surface area (Å²) in [6.07, 6.45) is -3.36. The highest BCUT2D eigenvalue weighted by atomic mass is 79.9. The highest BCUT2D eigenvalue weighted by Crippen LogP contribution is 2.40. The first-order chi connectivity index (χ1) is 8.89. The van der Waals surface area contributed by atoms with Crippen LogP contribution >= 0.6 is 31.9 Å². The summed E-state index contributed by atoms with van der Waals surface area (Å²) in [7, 11) is 0. The zero-order valence-corrected chi connectivity index (χ0v) is 12.4. The van der Waals surface area contributed by atoms with Crippen LogP contribution in [0, 0.1) is 0 Å². The first-order valence-electron chi connectivity index (χ1n) is 5.04. The fourth-order valence-electron chi connectivity index (χ4n) is 1.56. The number of benzene rings is 1. The van der Waals surface area contributed by atoms with E-state index < -0.39 is 11.7 Å². The van der Waals surface area contributed by atoms with Crippen molar-refractivity contribution < 1.29 is 17.7 Å². The summed E-state index contributed by atoms with van der Waals surface area (Å²) in [5.41, 5.74) is -0.849. The van der Waals surface area contributed by atoms with Gasteiger partial charge >= 0.3 is 6.18 Å². The Morgan fingerprint density at radius 3 is 2.32 bits per heavy atom. The molecule has 0 saturated heterocycles. The first kappa shape index (κ1) is 14.3. The molecular formula is C12H6Br2F3NO. The van der Waals surface area contributed by atoms with Crippen molar-refractivity contribution in [1.82, 2.24) is 5.16 Å². The molecule has 0 spiro atoms. The van der Waals surface area contributed by atoms with E-state index in [0.717, 1.165) is 0 Å². The van der Waals surface area contributed by atoms with Gasteiger partial charge in [-0.05, 0) is 37.9 Å². The molecule has 0 bridgehead atoms. The van der Waals surface area contributed by atoms with Crippen LogP contribution in [-0.2, 0) is 6.18 Å². The standard InChI is InChI=1S/C12H6Br2F3NO/c13-9(14)6-8-10(12(15,16)17)11(19-18-8)7-4-2-1-3-5-7/h1-6H. The van der Waals surface area contributed by atoms with Crippen LogP contribution in [0.15, 0.2) is 38.2 Å². The molecule has 0 amide bonds. The molecule has 0 radical (unpaired) electrons. The van der Waals surface area contributed by atoms with E-state index >= 15 is 0 Å². The Hall–Kier alpha value is -1.08. The van der Waals surface area contributed by atoms with Crippen LogP contribution in [0.4, 0.5) is 13.2 Å². The van der Waals surface area contributed by atoms with Crippen molar-refractivity contribution in [2.24, 2.45) is 0 Å². The summed E-state index contributed by atoms with van der Waals surface area (Å²) >= 11 is 6.01. The van der Waals surface area contributed by atoms with Crippen molar-refractivity contribution in [2.75, 3.05) is 0 Å². The van der Waals surface area contributed by atoms with Crippen molar-refractivity contribution in [1.29, 1.82) is 0 Å². The fraction of sp³-hybridized carbons (Fsp3) is 0.0833. The number of hydrogen-bond donors (Lipinski definition) is 0. The Labute approximate surface area is 123 Å². The smallest absolute Gasteiger partial charge is 0.355 e. The molecule has 1 aromatic carbocycles. The van der Waals surface area contributed by atoms with Crippen molar-refractivity contribution in [3.05, 3.63) is 45.0 Å². The lowest BCUT2D eigenvalue weighted by molar-refractivity contribution is -0.137. The molecule has 0 N–H and O–H groups in total. The summed E-state index contributed by atoms with van der Waals surface area (Å²) < 4.78 is 44.6. The Balaban J connectivity index is 2.64. The van der Waals surface area contributed by atoms with Crippen LogP contribution < -0.4 is 0 Å². The van der Waals surface area contributed by atoms with Crippen LogP contribution in [0.1, 0.15) is 11.3 Å². The molecule has 0 unspecified atom stereocenters. The average Bonchev–Trinajstić information content (AvgIpc) is 2.72. The third-order valence-corrected chi connectivity index (χ3v) is 2.74. The molecule has 2 rings (SSSR count). The summed E-state index contributed by atoms with van der Waals surface area (Å²) in [5.74, 6) is -0.291. The second-order valence-corrected chi connectivity index (χ2v) is 6.34. The lowest BCUT2D eigenvalue weighted by Gasteiger charge is -2.06. The topological polar surface area (TPSA) is 26.0 Å². The normalized spacial score (nSPS) is 11.4. The zero-order valence-electron chi connectivity index (χ0n) is 9.21. The molecule has 0 aliphatic carbocycles. The van der Waals surface area contributed by atoms with Crippen LogP contribution in [0.3, 0.4) is 0 Å². The van der Waals surface area contributed by atoms with Crippen LogP contribution in [-0.4, -0.2) is 5.16 Å². The Morgan fingerprint density at radius 1 is 1.16 bits per heavy atom. The van der Waals surface area contributed by atoms with Gasteiger partial charge in [0.25, 0.3) is 0 Å². The number of rotatable bonds is 2. The van der Waals surface area contributed by atoms with Gasteiger partial charge in [-0.2, -0.15) is 13.2 Å². The van der Waals surface area contributed by atoms with Crippen LogP contribution in [0.25, 0.3) is 17.4 Å². The van der Waals surface area contributed by atoms with E-state index in [4.69, 9.17) is 4.52 Å². The monoisotopic (exact) mass is 395 g/mol. The predicted octanol–water partition coefficient (Wildman–Crippen LogP) is 5.45. The zero-order chi connectivity index (χ0) is 14.0. The van der Waals surface area contributed by atoms with Crippen molar-refractivity contribution in [2.45, 2.75) is 6.18 Å². The molecule has 0 atom stereocenters. The lowest BCUT2D eigenvalue weighted by atomic mass is 10.1. The number of hydrogen-bond acceptors (Lipinski definition) is 2. The quantitative estimate of drug-likeness (QED) is 0.674. The molecule has 0 fully saturated rings. The number of nitrogens with zero attached hydrogens (tertiary/aromatic N) is 1. The summed E-state index contributed by atoms with van der Waals surface area (Å²) in [6, 6.07) is 8.05. The van der Waals surface area contributed by atoms with Gasteiger partial charge in [0.15, 0.2) is 5.76 Å². The predicted molar refractivity (Wildman–Crippen MR) is 72.8 cm³/mol. The van der Waals surface area contributed by atoms with E-state index in [1.807, 2.05) is 0 Å². The molecule has 0 aliphatic heterocycles. The van der Waals surface area contributed by atoms with Crippen molar-refractivity contribution in [3.63, 3.8) is 0 Å². The van der Waals surface area contributed by atoms with Gasteiger partial charge in [0.1, 0.15) is 11.3 Å². The maximum absolute atomic E-state index is 13.1.